The van der Waals surface area contributed by atoms with Crippen molar-refractivity contribution in [2.75, 3.05) is 5.43 Å². The number of halogens is 3. The summed E-state index contributed by atoms with van der Waals surface area (Å²) in [4.78, 5) is 0. The van der Waals surface area contributed by atoms with E-state index in [0.717, 1.165) is 17.8 Å². The van der Waals surface area contributed by atoms with Crippen molar-refractivity contribution in [1.82, 2.24) is 0 Å². The molecule has 19 heavy (non-hydrogen) atoms. The fourth-order valence-electron chi connectivity index (χ4n) is 1.49. The van der Waals surface area contributed by atoms with E-state index in [4.69, 9.17) is 0 Å². The molecule has 2 nitrogen and oxygen atoms in total. The van der Waals surface area contributed by atoms with E-state index >= 15 is 0 Å². The molecule has 0 heterocycles. The van der Waals surface area contributed by atoms with Gasteiger partial charge in [0.05, 0.1) is 17.5 Å². The van der Waals surface area contributed by atoms with Gasteiger partial charge in [-0.2, -0.15) is 18.3 Å². The minimum Gasteiger partial charge on any atom is -0.279 e. The molecule has 0 saturated carbocycles. The van der Waals surface area contributed by atoms with Gasteiger partial charge in [-0.1, -0.05) is 30.3 Å². The van der Waals surface area contributed by atoms with Gasteiger partial charge in [0.1, 0.15) is 0 Å². The van der Waals surface area contributed by atoms with Gasteiger partial charge in [-0.05, 0) is 29.8 Å². The summed E-state index contributed by atoms with van der Waals surface area (Å²) in [5, 5.41) is 3.89. The van der Waals surface area contributed by atoms with Crippen LogP contribution in [0.3, 0.4) is 0 Å². The van der Waals surface area contributed by atoms with Crippen LogP contribution in [0.15, 0.2) is 59.7 Å². The summed E-state index contributed by atoms with van der Waals surface area (Å²) in [7, 11) is 0. The number of hydrazone groups is 1. The van der Waals surface area contributed by atoms with Crippen LogP contribution in [0.2, 0.25) is 0 Å². The van der Waals surface area contributed by atoms with Gasteiger partial charge in [-0.15, -0.1) is 0 Å². The predicted molar refractivity (Wildman–Crippen MR) is 69.1 cm³/mol. The lowest BCUT2D eigenvalue weighted by atomic mass is 10.1. The fraction of sp³-hybridized carbons (Fsp3) is 0.0714. The molecule has 5 heteroatoms. The first-order valence-electron chi connectivity index (χ1n) is 5.57. The van der Waals surface area contributed by atoms with Crippen molar-refractivity contribution in [3.05, 3.63) is 65.7 Å². The number of nitrogens with zero attached hydrogens (tertiary/aromatic N) is 1. The summed E-state index contributed by atoms with van der Waals surface area (Å²) in [5.74, 6) is 0. The standard InChI is InChI=1S/C14H11F3N2/c15-14(16,17)12-6-4-5-11(9-12)10-18-19-13-7-2-1-3-8-13/h1-10,19H/b18-10+. The SMILES string of the molecule is FC(F)(F)c1cccc(/C=N/Nc2ccccc2)c1. The van der Waals surface area contributed by atoms with E-state index < -0.39 is 11.7 Å². The van der Waals surface area contributed by atoms with E-state index in [-0.39, 0.29) is 0 Å². The predicted octanol–water partition coefficient (Wildman–Crippen LogP) is 4.15. The van der Waals surface area contributed by atoms with Gasteiger partial charge in [0.25, 0.3) is 0 Å². The van der Waals surface area contributed by atoms with Gasteiger partial charge in [0, 0.05) is 0 Å². The summed E-state index contributed by atoms with van der Waals surface area (Å²) in [6.07, 6.45) is -2.99. The third-order valence-electron chi connectivity index (χ3n) is 2.40. The zero-order valence-corrected chi connectivity index (χ0v) is 9.85. The highest BCUT2D eigenvalue weighted by Crippen LogP contribution is 2.29. The van der Waals surface area contributed by atoms with Gasteiger partial charge in [0.15, 0.2) is 0 Å². The Morgan fingerprint density at radius 2 is 1.68 bits per heavy atom. The normalized spacial score (nSPS) is 11.7. The fourth-order valence-corrected chi connectivity index (χ4v) is 1.49. The van der Waals surface area contributed by atoms with Crippen LogP contribution in [0.1, 0.15) is 11.1 Å². The van der Waals surface area contributed by atoms with Crippen molar-refractivity contribution >= 4 is 11.9 Å². The number of alkyl halides is 3. The molecule has 0 aliphatic carbocycles. The Morgan fingerprint density at radius 3 is 2.37 bits per heavy atom. The first kappa shape index (κ1) is 13.1. The zero-order chi connectivity index (χ0) is 13.7. The van der Waals surface area contributed by atoms with Crippen LogP contribution >= 0.6 is 0 Å². The summed E-state index contributed by atoms with van der Waals surface area (Å²) >= 11 is 0. The molecule has 0 radical (unpaired) electrons. The third-order valence-corrected chi connectivity index (χ3v) is 2.40. The van der Waals surface area contributed by atoms with Crippen molar-refractivity contribution in [3.8, 4) is 0 Å². The molecule has 0 atom stereocenters. The minimum atomic E-state index is -4.34. The molecule has 98 valence electrons. The lowest BCUT2D eigenvalue weighted by molar-refractivity contribution is -0.137. The van der Waals surface area contributed by atoms with Crippen molar-refractivity contribution in [2.24, 2.45) is 5.10 Å². The topological polar surface area (TPSA) is 24.4 Å². The molecule has 2 rings (SSSR count). The largest absolute Gasteiger partial charge is 0.416 e. The molecule has 0 bridgehead atoms. The van der Waals surface area contributed by atoms with E-state index in [9.17, 15) is 13.2 Å². The second kappa shape index (κ2) is 5.56. The first-order chi connectivity index (χ1) is 9.05. The average Bonchev–Trinajstić information content (AvgIpc) is 2.39. The van der Waals surface area contributed by atoms with Gasteiger partial charge in [-0.25, -0.2) is 0 Å². The van der Waals surface area contributed by atoms with Gasteiger partial charge in [0.2, 0.25) is 0 Å². The summed E-state index contributed by atoms with van der Waals surface area (Å²) in [6, 6.07) is 14.1. The van der Waals surface area contributed by atoms with Gasteiger partial charge >= 0.3 is 6.18 Å². The Kier molecular flexibility index (Phi) is 3.85. The van der Waals surface area contributed by atoms with Crippen molar-refractivity contribution < 1.29 is 13.2 Å². The lowest BCUT2D eigenvalue weighted by Crippen LogP contribution is -2.05. The number of para-hydroxylation sites is 1. The van der Waals surface area contributed by atoms with E-state index in [1.165, 1.54) is 12.3 Å². The van der Waals surface area contributed by atoms with Gasteiger partial charge in [-0.3, -0.25) is 5.43 Å². The molecule has 0 aliphatic heterocycles. The number of hydrogen-bond acceptors (Lipinski definition) is 2. The Labute approximate surface area is 108 Å². The molecular weight excluding hydrogens is 253 g/mol. The van der Waals surface area contributed by atoms with Crippen LogP contribution < -0.4 is 5.43 Å². The number of anilines is 1. The molecule has 1 N–H and O–H groups in total. The van der Waals surface area contributed by atoms with Crippen LogP contribution in [0, 0.1) is 0 Å². The minimum absolute atomic E-state index is 0.387. The molecule has 0 aliphatic rings. The van der Waals surface area contributed by atoms with E-state index in [0.29, 0.717) is 5.56 Å². The Morgan fingerprint density at radius 1 is 0.947 bits per heavy atom. The third kappa shape index (κ3) is 3.84. The second-order valence-electron chi connectivity index (χ2n) is 3.86. The van der Waals surface area contributed by atoms with Crippen LogP contribution in [-0.4, -0.2) is 6.21 Å². The summed E-state index contributed by atoms with van der Waals surface area (Å²) in [5.41, 5.74) is 3.21. The monoisotopic (exact) mass is 264 g/mol. The molecule has 0 amide bonds. The summed E-state index contributed by atoms with van der Waals surface area (Å²) < 4.78 is 37.5. The van der Waals surface area contributed by atoms with Crippen molar-refractivity contribution in [1.29, 1.82) is 0 Å². The van der Waals surface area contributed by atoms with E-state index in [1.807, 2.05) is 30.3 Å². The number of benzene rings is 2. The molecule has 0 fully saturated rings. The molecule has 0 unspecified atom stereocenters. The number of nitrogens with one attached hydrogen (secondary N) is 1. The zero-order valence-electron chi connectivity index (χ0n) is 9.85. The van der Waals surface area contributed by atoms with Gasteiger partial charge < -0.3 is 0 Å². The molecule has 2 aromatic rings. The first-order valence-corrected chi connectivity index (χ1v) is 5.57. The highest BCUT2D eigenvalue weighted by Gasteiger charge is 2.30. The smallest absolute Gasteiger partial charge is 0.279 e. The van der Waals surface area contributed by atoms with Crippen LogP contribution in [0.25, 0.3) is 0 Å². The highest BCUT2D eigenvalue weighted by atomic mass is 19.4. The van der Waals surface area contributed by atoms with Crippen LogP contribution in [0.5, 0.6) is 0 Å². The van der Waals surface area contributed by atoms with Crippen molar-refractivity contribution in [3.63, 3.8) is 0 Å². The van der Waals surface area contributed by atoms with E-state index in [2.05, 4.69) is 10.5 Å². The second-order valence-corrected chi connectivity index (χ2v) is 3.86. The molecule has 0 spiro atoms. The van der Waals surface area contributed by atoms with Crippen LogP contribution in [0.4, 0.5) is 18.9 Å². The average molecular weight is 264 g/mol. The maximum Gasteiger partial charge on any atom is 0.416 e. The molecule has 2 aromatic carbocycles. The Bertz CT molecular complexity index is 562. The number of rotatable bonds is 3. The highest BCUT2D eigenvalue weighted by molar-refractivity contribution is 5.80. The Balaban J connectivity index is 2.07. The maximum absolute atomic E-state index is 12.5. The van der Waals surface area contributed by atoms with E-state index in [1.54, 1.807) is 6.07 Å². The molecule has 0 saturated heterocycles. The van der Waals surface area contributed by atoms with Crippen molar-refractivity contribution in [2.45, 2.75) is 6.18 Å². The molecule has 0 aromatic heterocycles. The quantitative estimate of drug-likeness (QED) is 0.653. The molecular formula is C14H11F3N2. The lowest BCUT2D eigenvalue weighted by Gasteiger charge is -2.06. The summed E-state index contributed by atoms with van der Waals surface area (Å²) in [6.45, 7) is 0. The Hall–Kier alpha value is -2.30. The maximum atomic E-state index is 12.5. The van der Waals surface area contributed by atoms with Crippen LogP contribution in [-0.2, 0) is 6.18 Å². The number of hydrogen-bond donors (Lipinski definition) is 1.